The fourth-order valence-corrected chi connectivity index (χ4v) is 2.09. The lowest BCUT2D eigenvalue weighted by Crippen LogP contribution is -2.24. The summed E-state index contributed by atoms with van der Waals surface area (Å²) in [5.74, 6) is 0.964. The Kier molecular flexibility index (Phi) is 3.19. The van der Waals surface area contributed by atoms with Gasteiger partial charge in [-0.3, -0.25) is 9.48 Å². The van der Waals surface area contributed by atoms with Crippen molar-refractivity contribution < 1.29 is 4.79 Å². The van der Waals surface area contributed by atoms with E-state index in [1.54, 1.807) is 11.1 Å². The van der Waals surface area contributed by atoms with E-state index < -0.39 is 0 Å². The second-order valence-corrected chi connectivity index (χ2v) is 4.81. The van der Waals surface area contributed by atoms with Crippen molar-refractivity contribution in [1.82, 2.24) is 9.78 Å². The maximum absolute atomic E-state index is 11.8. The van der Waals surface area contributed by atoms with Crippen LogP contribution in [0.4, 0.5) is 5.69 Å². The number of aromatic nitrogens is 2. The van der Waals surface area contributed by atoms with Gasteiger partial charge < -0.3 is 4.90 Å². The molecule has 0 saturated carbocycles. The van der Waals surface area contributed by atoms with Gasteiger partial charge in [0.15, 0.2) is 0 Å². The smallest absolute Gasteiger partial charge is 0.227 e. The number of carbonyl (C=O) groups is 1. The van der Waals surface area contributed by atoms with Crippen LogP contribution in [0.2, 0.25) is 0 Å². The van der Waals surface area contributed by atoms with Crippen LogP contribution in [0.15, 0.2) is 12.4 Å². The highest BCUT2D eigenvalue weighted by Crippen LogP contribution is 2.25. The van der Waals surface area contributed by atoms with E-state index in [1.807, 2.05) is 10.9 Å². The molecule has 1 aliphatic heterocycles. The monoisotopic (exact) mass is 241 g/mol. The highest BCUT2D eigenvalue weighted by molar-refractivity contribution is 6.18. The summed E-state index contributed by atoms with van der Waals surface area (Å²) in [5.41, 5.74) is 0.881. The molecule has 1 saturated heterocycles. The van der Waals surface area contributed by atoms with Gasteiger partial charge in [0.2, 0.25) is 5.91 Å². The summed E-state index contributed by atoms with van der Waals surface area (Å²) in [4.78, 5) is 13.5. The molecule has 0 bridgehead atoms. The molecule has 2 rings (SSSR count). The summed E-state index contributed by atoms with van der Waals surface area (Å²) >= 11 is 5.78. The van der Waals surface area contributed by atoms with Crippen LogP contribution in [0.5, 0.6) is 0 Å². The molecule has 1 fully saturated rings. The summed E-state index contributed by atoms with van der Waals surface area (Å²) in [7, 11) is 0. The third-order valence-electron chi connectivity index (χ3n) is 2.85. The zero-order valence-corrected chi connectivity index (χ0v) is 10.3. The van der Waals surface area contributed by atoms with Crippen LogP contribution in [0, 0.1) is 5.92 Å². The quantitative estimate of drug-likeness (QED) is 0.760. The molecule has 0 aliphatic carbocycles. The van der Waals surface area contributed by atoms with Gasteiger partial charge in [0, 0.05) is 31.1 Å². The molecule has 1 amide bonds. The molecular formula is C11H16ClN3O. The Morgan fingerprint density at radius 2 is 2.38 bits per heavy atom. The van der Waals surface area contributed by atoms with Crippen LogP contribution in [0.3, 0.4) is 0 Å². The van der Waals surface area contributed by atoms with Gasteiger partial charge in [0.05, 0.1) is 11.9 Å². The van der Waals surface area contributed by atoms with E-state index in [9.17, 15) is 4.79 Å². The van der Waals surface area contributed by atoms with Crippen molar-refractivity contribution in [2.45, 2.75) is 26.3 Å². The molecule has 1 aromatic heterocycles. The number of rotatable bonds is 3. The molecular weight excluding hydrogens is 226 g/mol. The minimum atomic E-state index is 0.147. The summed E-state index contributed by atoms with van der Waals surface area (Å²) < 4.78 is 1.86. The highest BCUT2D eigenvalue weighted by atomic mass is 35.5. The van der Waals surface area contributed by atoms with Gasteiger partial charge in [-0.2, -0.15) is 5.10 Å². The Bertz CT molecular complexity index is 388. The molecule has 16 heavy (non-hydrogen) atoms. The van der Waals surface area contributed by atoms with Crippen molar-refractivity contribution in [2.24, 2.45) is 5.92 Å². The van der Waals surface area contributed by atoms with Crippen molar-refractivity contribution in [3.05, 3.63) is 12.4 Å². The summed E-state index contributed by atoms with van der Waals surface area (Å²) in [6.07, 6.45) is 4.21. The summed E-state index contributed by atoms with van der Waals surface area (Å²) in [5, 5.41) is 4.24. The number of carbonyl (C=O) groups excluding carboxylic acids is 1. The first-order chi connectivity index (χ1) is 7.61. The van der Waals surface area contributed by atoms with Crippen LogP contribution >= 0.6 is 11.6 Å². The number of nitrogens with zero attached hydrogens (tertiary/aromatic N) is 3. The van der Waals surface area contributed by atoms with Gasteiger partial charge in [-0.1, -0.05) is 0 Å². The minimum Gasteiger partial charge on any atom is -0.309 e. The van der Waals surface area contributed by atoms with Crippen LogP contribution in [0.1, 0.15) is 26.3 Å². The molecule has 1 unspecified atom stereocenters. The van der Waals surface area contributed by atoms with Gasteiger partial charge in [0.25, 0.3) is 0 Å². The molecule has 1 atom stereocenters. The molecule has 0 radical (unpaired) electrons. The van der Waals surface area contributed by atoms with E-state index in [4.69, 9.17) is 11.6 Å². The summed E-state index contributed by atoms with van der Waals surface area (Å²) in [6.45, 7) is 4.83. The van der Waals surface area contributed by atoms with Gasteiger partial charge in [0.1, 0.15) is 0 Å². The van der Waals surface area contributed by atoms with Gasteiger partial charge in [-0.05, 0) is 19.8 Å². The normalized spacial score (nSPS) is 21.1. The van der Waals surface area contributed by atoms with E-state index in [0.29, 0.717) is 24.9 Å². The van der Waals surface area contributed by atoms with Crippen LogP contribution in [0.25, 0.3) is 0 Å². The Balaban J connectivity index is 2.15. The van der Waals surface area contributed by atoms with Gasteiger partial charge >= 0.3 is 0 Å². The molecule has 2 heterocycles. The SMILES string of the molecule is CC(C)n1cc(N2CC(CCl)CC2=O)cn1. The fraction of sp³-hybridized carbons (Fsp3) is 0.636. The van der Waals surface area contributed by atoms with Gasteiger partial charge in [-0.25, -0.2) is 0 Å². The Morgan fingerprint density at radius 3 is 2.88 bits per heavy atom. The average Bonchev–Trinajstić information content (AvgIpc) is 2.83. The highest BCUT2D eigenvalue weighted by Gasteiger charge is 2.30. The third-order valence-corrected chi connectivity index (χ3v) is 3.29. The first kappa shape index (κ1) is 11.5. The zero-order valence-electron chi connectivity index (χ0n) is 9.56. The fourth-order valence-electron chi connectivity index (χ4n) is 1.88. The molecule has 1 aliphatic rings. The van der Waals surface area contributed by atoms with Crippen LogP contribution in [-0.2, 0) is 4.79 Å². The molecule has 4 nitrogen and oxygen atoms in total. The maximum atomic E-state index is 11.8. The molecule has 0 N–H and O–H groups in total. The van der Waals surface area contributed by atoms with Gasteiger partial charge in [-0.15, -0.1) is 11.6 Å². The summed E-state index contributed by atoms with van der Waals surface area (Å²) in [6, 6.07) is 0.315. The average molecular weight is 242 g/mol. The molecule has 88 valence electrons. The molecule has 0 aromatic carbocycles. The van der Waals surface area contributed by atoms with E-state index in [1.165, 1.54) is 0 Å². The topological polar surface area (TPSA) is 38.1 Å². The number of halogens is 1. The van der Waals surface area contributed by atoms with E-state index in [2.05, 4.69) is 18.9 Å². The van der Waals surface area contributed by atoms with E-state index >= 15 is 0 Å². The van der Waals surface area contributed by atoms with Crippen molar-refractivity contribution >= 4 is 23.2 Å². The van der Waals surface area contributed by atoms with Crippen LogP contribution in [-0.4, -0.2) is 28.1 Å². The molecule has 5 heteroatoms. The Labute approximate surface area is 100 Å². The number of hydrogen-bond donors (Lipinski definition) is 0. The predicted octanol–water partition coefficient (Wildman–Crippen LogP) is 2.06. The lowest BCUT2D eigenvalue weighted by Gasteiger charge is -2.13. The molecule has 1 aromatic rings. The van der Waals surface area contributed by atoms with Crippen molar-refractivity contribution in [1.29, 1.82) is 0 Å². The minimum absolute atomic E-state index is 0.147. The molecule has 0 spiro atoms. The standard InChI is InChI=1S/C11H16ClN3O/c1-8(2)15-7-10(5-13-15)14-6-9(4-12)3-11(14)16/h5,7-9H,3-4,6H2,1-2H3. The second kappa shape index (κ2) is 4.45. The van der Waals surface area contributed by atoms with Crippen molar-refractivity contribution in [3.63, 3.8) is 0 Å². The lowest BCUT2D eigenvalue weighted by molar-refractivity contribution is -0.117. The van der Waals surface area contributed by atoms with Crippen LogP contribution < -0.4 is 4.90 Å². The predicted molar refractivity (Wildman–Crippen MR) is 63.8 cm³/mol. The number of hydrogen-bond acceptors (Lipinski definition) is 2. The maximum Gasteiger partial charge on any atom is 0.227 e. The number of alkyl halides is 1. The Hall–Kier alpha value is -1.03. The second-order valence-electron chi connectivity index (χ2n) is 4.50. The third kappa shape index (κ3) is 2.07. The van der Waals surface area contributed by atoms with Crippen molar-refractivity contribution in [2.75, 3.05) is 17.3 Å². The van der Waals surface area contributed by atoms with E-state index in [-0.39, 0.29) is 11.8 Å². The zero-order chi connectivity index (χ0) is 11.7. The largest absolute Gasteiger partial charge is 0.309 e. The first-order valence-electron chi connectivity index (χ1n) is 5.52. The van der Waals surface area contributed by atoms with Crippen molar-refractivity contribution in [3.8, 4) is 0 Å². The first-order valence-corrected chi connectivity index (χ1v) is 6.05. The van der Waals surface area contributed by atoms with E-state index in [0.717, 1.165) is 5.69 Å². The number of amides is 1. The number of anilines is 1. The Morgan fingerprint density at radius 1 is 1.62 bits per heavy atom. The lowest BCUT2D eigenvalue weighted by atomic mass is 10.1.